The Morgan fingerprint density at radius 3 is 2.45 bits per heavy atom. The van der Waals surface area contributed by atoms with Crippen LogP contribution < -0.4 is 0 Å². The van der Waals surface area contributed by atoms with Crippen LogP contribution in [-0.4, -0.2) is 9.78 Å². The maximum Gasteiger partial charge on any atom is 0.160 e. The van der Waals surface area contributed by atoms with E-state index in [-0.39, 0.29) is 0 Å². The van der Waals surface area contributed by atoms with Crippen LogP contribution in [0, 0.1) is 13.8 Å². The summed E-state index contributed by atoms with van der Waals surface area (Å²) in [5.41, 5.74) is 4.16. The summed E-state index contributed by atoms with van der Waals surface area (Å²) in [7, 11) is 0. The van der Waals surface area contributed by atoms with Crippen molar-refractivity contribution in [3.8, 4) is 5.69 Å². The van der Waals surface area contributed by atoms with Gasteiger partial charge in [-0.25, -0.2) is 4.68 Å². The summed E-state index contributed by atoms with van der Waals surface area (Å²) in [6.07, 6.45) is 0. The van der Waals surface area contributed by atoms with Crippen LogP contribution in [0.5, 0.6) is 0 Å². The van der Waals surface area contributed by atoms with E-state index < -0.39 is 0 Å². The molecule has 0 aliphatic rings. The van der Waals surface area contributed by atoms with Crippen molar-refractivity contribution in [1.29, 1.82) is 0 Å². The standard InChI is InChI=1S/C17H15ClN4/c1-12-7-6-8-14(11-12)19-20-16-13(2)21-22(17(16)18)15-9-4-3-5-10-15/h3-11H,1-2H3. The van der Waals surface area contributed by atoms with Crippen LogP contribution >= 0.6 is 11.6 Å². The number of halogens is 1. The van der Waals surface area contributed by atoms with E-state index in [4.69, 9.17) is 11.6 Å². The molecule has 0 N–H and O–H groups in total. The molecule has 0 saturated carbocycles. The zero-order chi connectivity index (χ0) is 15.5. The van der Waals surface area contributed by atoms with Crippen LogP contribution in [0.4, 0.5) is 11.4 Å². The van der Waals surface area contributed by atoms with E-state index >= 15 is 0 Å². The molecule has 1 aromatic heterocycles. The summed E-state index contributed by atoms with van der Waals surface area (Å²) in [5, 5.41) is 13.4. The number of aromatic nitrogens is 2. The number of benzene rings is 2. The molecule has 0 atom stereocenters. The van der Waals surface area contributed by atoms with Gasteiger partial charge < -0.3 is 0 Å². The Kier molecular flexibility index (Phi) is 4.02. The lowest BCUT2D eigenvalue weighted by Crippen LogP contribution is -1.95. The summed E-state index contributed by atoms with van der Waals surface area (Å²) < 4.78 is 1.67. The lowest BCUT2D eigenvalue weighted by Gasteiger charge is -2.01. The van der Waals surface area contributed by atoms with E-state index in [2.05, 4.69) is 15.3 Å². The molecule has 0 saturated heterocycles. The molecule has 1 heterocycles. The van der Waals surface area contributed by atoms with Gasteiger partial charge in [0.1, 0.15) is 5.69 Å². The van der Waals surface area contributed by atoms with Gasteiger partial charge in [-0.2, -0.15) is 10.2 Å². The minimum absolute atomic E-state index is 0.458. The molecule has 0 aliphatic heterocycles. The van der Waals surface area contributed by atoms with E-state index in [0.717, 1.165) is 22.6 Å². The van der Waals surface area contributed by atoms with E-state index in [9.17, 15) is 0 Å². The Bertz CT molecular complexity index is 822. The number of rotatable bonds is 3. The number of hydrogen-bond acceptors (Lipinski definition) is 3. The molecule has 110 valence electrons. The normalized spacial score (nSPS) is 11.2. The smallest absolute Gasteiger partial charge is 0.160 e. The van der Waals surface area contributed by atoms with Crippen molar-refractivity contribution in [3.63, 3.8) is 0 Å². The van der Waals surface area contributed by atoms with Gasteiger partial charge >= 0.3 is 0 Å². The van der Waals surface area contributed by atoms with Gasteiger partial charge in [-0.1, -0.05) is 41.9 Å². The summed E-state index contributed by atoms with van der Waals surface area (Å²) >= 11 is 6.41. The molecule has 3 rings (SSSR count). The molecule has 0 bridgehead atoms. The number of nitrogens with zero attached hydrogens (tertiary/aromatic N) is 4. The maximum atomic E-state index is 6.41. The SMILES string of the molecule is Cc1cccc(N=Nc2c(C)nn(-c3ccccc3)c2Cl)c1. The Morgan fingerprint density at radius 2 is 1.73 bits per heavy atom. The number of aryl methyl sites for hydroxylation is 2. The molecular weight excluding hydrogens is 296 g/mol. The van der Waals surface area contributed by atoms with Crippen LogP contribution in [0.2, 0.25) is 5.15 Å². The highest BCUT2D eigenvalue weighted by Gasteiger charge is 2.14. The first-order valence-corrected chi connectivity index (χ1v) is 7.32. The Morgan fingerprint density at radius 1 is 0.955 bits per heavy atom. The minimum Gasteiger partial charge on any atom is -0.220 e. The van der Waals surface area contributed by atoms with E-state index in [1.165, 1.54) is 0 Å². The quantitative estimate of drug-likeness (QED) is 0.584. The predicted molar refractivity (Wildman–Crippen MR) is 88.7 cm³/mol. The van der Waals surface area contributed by atoms with Gasteiger partial charge in [0.25, 0.3) is 0 Å². The van der Waals surface area contributed by atoms with Crippen molar-refractivity contribution in [2.75, 3.05) is 0 Å². The second kappa shape index (κ2) is 6.12. The molecule has 0 radical (unpaired) electrons. The highest BCUT2D eigenvalue weighted by atomic mass is 35.5. The summed E-state index contributed by atoms with van der Waals surface area (Å²) in [6.45, 7) is 3.89. The van der Waals surface area contributed by atoms with Crippen molar-refractivity contribution >= 4 is 23.0 Å². The van der Waals surface area contributed by atoms with Gasteiger partial charge in [-0.05, 0) is 43.7 Å². The van der Waals surface area contributed by atoms with Gasteiger partial charge in [0.15, 0.2) is 5.15 Å². The van der Waals surface area contributed by atoms with Gasteiger partial charge in [-0.15, -0.1) is 5.11 Å². The summed E-state index contributed by atoms with van der Waals surface area (Å²) in [6, 6.07) is 17.6. The second-order valence-electron chi connectivity index (χ2n) is 5.01. The fourth-order valence-corrected chi connectivity index (χ4v) is 2.45. The Balaban J connectivity index is 1.97. The average molecular weight is 311 g/mol. The van der Waals surface area contributed by atoms with Crippen molar-refractivity contribution in [2.45, 2.75) is 13.8 Å². The molecule has 2 aromatic carbocycles. The highest BCUT2D eigenvalue weighted by Crippen LogP contribution is 2.32. The zero-order valence-corrected chi connectivity index (χ0v) is 13.1. The molecule has 22 heavy (non-hydrogen) atoms. The van der Waals surface area contributed by atoms with Crippen LogP contribution in [0.15, 0.2) is 64.8 Å². The van der Waals surface area contributed by atoms with Crippen LogP contribution in [0.1, 0.15) is 11.3 Å². The number of hydrogen-bond donors (Lipinski definition) is 0. The molecule has 0 unspecified atom stereocenters. The number of para-hydroxylation sites is 1. The zero-order valence-electron chi connectivity index (χ0n) is 12.4. The largest absolute Gasteiger partial charge is 0.220 e. The lowest BCUT2D eigenvalue weighted by molar-refractivity contribution is 0.863. The average Bonchev–Trinajstić information content (AvgIpc) is 2.81. The molecule has 0 spiro atoms. The molecule has 5 heteroatoms. The van der Waals surface area contributed by atoms with Gasteiger partial charge in [0, 0.05) is 0 Å². The first kappa shape index (κ1) is 14.5. The van der Waals surface area contributed by atoms with Crippen LogP contribution in [0.25, 0.3) is 5.69 Å². The van der Waals surface area contributed by atoms with Crippen molar-refractivity contribution in [3.05, 3.63) is 71.0 Å². The third-order valence-electron chi connectivity index (χ3n) is 3.24. The molecular formula is C17H15ClN4. The van der Waals surface area contributed by atoms with Crippen molar-refractivity contribution in [1.82, 2.24) is 9.78 Å². The van der Waals surface area contributed by atoms with Gasteiger partial charge in [0.05, 0.1) is 17.1 Å². The maximum absolute atomic E-state index is 6.41. The predicted octanol–water partition coefficient (Wildman–Crippen LogP) is 5.56. The first-order chi connectivity index (χ1) is 10.6. The molecule has 3 aromatic rings. The van der Waals surface area contributed by atoms with Crippen molar-refractivity contribution in [2.24, 2.45) is 10.2 Å². The van der Waals surface area contributed by atoms with Gasteiger partial charge in [0.2, 0.25) is 0 Å². The van der Waals surface area contributed by atoms with Crippen molar-refractivity contribution < 1.29 is 0 Å². The fourth-order valence-electron chi connectivity index (χ4n) is 2.14. The highest BCUT2D eigenvalue weighted by molar-refractivity contribution is 6.32. The molecule has 0 aliphatic carbocycles. The first-order valence-electron chi connectivity index (χ1n) is 6.94. The minimum atomic E-state index is 0.458. The summed E-state index contributed by atoms with van der Waals surface area (Å²) in [5.74, 6) is 0. The monoisotopic (exact) mass is 310 g/mol. The molecule has 4 nitrogen and oxygen atoms in total. The van der Waals surface area contributed by atoms with Gasteiger partial charge in [-0.3, -0.25) is 0 Å². The van der Waals surface area contributed by atoms with E-state index in [1.807, 2.05) is 68.4 Å². The lowest BCUT2D eigenvalue weighted by atomic mass is 10.2. The van der Waals surface area contributed by atoms with Crippen LogP contribution in [0.3, 0.4) is 0 Å². The topological polar surface area (TPSA) is 42.5 Å². The number of azo groups is 1. The summed E-state index contributed by atoms with van der Waals surface area (Å²) in [4.78, 5) is 0. The Labute approximate surface area is 134 Å². The Hall–Kier alpha value is -2.46. The third-order valence-corrected chi connectivity index (χ3v) is 3.58. The van der Waals surface area contributed by atoms with Crippen LogP contribution in [-0.2, 0) is 0 Å². The molecule has 0 amide bonds. The fraction of sp³-hybridized carbons (Fsp3) is 0.118. The molecule has 0 fully saturated rings. The van der Waals surface area contributed by atoms with E-state index in [1.54, 1.807) is 4.68 Å². The second-order valence-corrected chi connectivity index (χ2v) is 5.37. The third kappa shape index (κ3) is 2.92. The van der Waals surface area contributed by atoms with E-state index in [0.29, 0.717) is 10.8 Å².